The number of nitrogens with zero attached hydrogens (tertiary/aromatic N) is 5. The maximum absolute atomic E-state index is 12.3. The van der Waals surface area contributed by atoms with Gasteiger partial charge in [0.1, 0.15) is 33.9 Å². The summed E-state index contributed by atoms with van der Waals surface area (Å²) in [6, 6.07) is 19.6. The van der Waals surface area contributed by atoms with E-state index in [0.29, 0.717) is 15.6 Å². The molecule has 5 aromatic rings. The van der Waals surface area contributed by atoms with Gasteiger partial charge in [0.25, 0.3) is 5.91 Å². The van der Waals surface area contributed by atoms with Gasteiger partial charge in [0.15, 0.2) is 0 Å². The van der Waals surface area contributed by atoms with Crippen molar-refractivity contribution in [3.05, 3.63) is 88.7 Å². The lowest BCUT2D eigenvalue weighted by atomic mass is 10.1. The molecule has 1 atom stereocenters. The van der Waals surface area contributed by atoms with Gasteiger partial charge in [-0.05, 0) is 68.4 Å². The Balaban J connectivity index is 1.16. The van der Waals surface area contributed by atoms with Crippen LogP contribution in [0.2, 0.25) is 5.02 Å². The van der Waals surface area contributed by atoms with Crippen molar-refractivity contribution >= 4 is 45.7 Å². The average molecular weight is 630 g/mol. The number of carbonyl (C=O) groups excluding carboxylic acids is 1. The molecule has 228 valence electrons. The fraction of sp³-hybridized carbons (Fsp3) is 0.303. The topological polar surface area (TPSA) is 102 Å². The molecule has 0 aliphatic carbocycles. The van der Waals surface area contributed by atoms with Gasteiger partial charge in [0.05, 0.1) is 11.0 Å². The van der Waals surface area contributed by atoms with Gasteiger partial charge in [-0.3, -0.25) is 9.36 Å². The molecule has 1 fully saturated rings. The van der Waals surface area contributed by atoms with Crippen molar-refractivity contribution in [2.75, 3.05) is 51.6 Å². The Morgan fingerprint density at radius 2 is 1.86 bits per heavy atom. The smallest absolute Gasteiger partial charge is 0.262 e. The first-order valence-corrected chi connectivity index (χ1v) is 16.0. The predicted octanol–water partition coefficient (Wildman–Crippen LogP) is 6.09. The number of piperazine rings is 1. The van der Waals surface area contributed by atoms with Crippen LogP contribution in [0.25, 0.3) is 27.2 Å². The molecule has 2 aromatic carbocycles. The van der Waals surface area contributed by atoms with Gasteiger partial charge < -0.3 is 25.6 Å². The number of benzene rings is 2. The Morgan fingerprint density at radius 3 is 2.66 bits per heavy atom. The number of aromatic nitrogens is 3. The third-order valence-electron chi connectivity index (χ3n) is 7.99. The van der Waals surface area contributed by atoms with Crippen molar-refractivity contribution < 1.29 is 9.53 Å². The molecule has 0 unspecified atom stereocenters. The van der Waals surface area contributed by atoms with Crippen LogP contribution in [0.1, 0.15) is 34.7 Å². The number of nitrogens with two attached hydrogens (primary N) is 1. The Morgan fingerprint density at radius 1 is 1.07 bits per heavy atom. The first-order valence-electron chi connectivity index (χ1n) is 14.8. The fourth-order valence-corrected chi connectivity index (χ4v) is 6.68. The summed E-state index contributed by atoms with van der Waals surface area (Å²) >= 11 is 7.64. The molecule has 3 N–H and O–H groups in total. The van der Waals surface area contributed by atoms with Gasteiger partial charge in [-0.15, -0.1) is 11.3 Å². The van der Waals surface area contributed by atoms with Gasteiger partial charge in [-0.2, -0.15) is 0 Å². The molecule has 11 heteroatoms. The van der Waals surface area contributed by atoms with Crippen molar-refractivity contribution in [3.63, 3.8) is 0 Å². The maximum atomic E-state index is 12.3. The number of primary amides is 1. The summed E-state index contributed by atoms with van der Waals surface area (Å²) in [7, 11) is 2.18. The first-order chi connectivity index (χ1) is 21.4. The number of hydrogen-bond donors (Lipinski definition) is 2. The quantitative estimate of drug-likeness (QED) is 0.171. The van der Waals surface area contributed by atoms with Gasteiger partial charge in [0.2, 0.25) is 0 Å². The summed E-state index contributed by atoms with van der Waals surface area (Å²) in [5, 5.41) is 4.87. The molecule has 1 amide bonds. The summed E-state index contributed by atoms with van der Waals surface area (Å²) in [5.74, 6) is 0.738. The first kappa shape index (κ1) is 30.1. The van der Waals surface area contributed by atoms with Crippen LogP contribution < -0.4 is 15.8 Å². The Kier molecular flexibility index (Phi) is 9.13. The van der Waals surface area contributed by atoms with E-state index >= 15 is 0 Å². The van der Waals surface area contributed by atoms with E-state index in [1.54, 1.807) is 6.33 Å². The minimum absolute atomic E-state index is 0.345. The van der Waals surface area contributed by atoms with Crippen LogP contribution >= 0.6 is 22.9 Å². The summed E-state index contributed by atoms with van der Waals surface area (Å²) in [4.78, 5) is 26.8. The number of thiophene rings is 1. The molecule has 1 saturated heterocycles. The number of amides is 1. The number of imidazole rings is 1. The molecular weight excluding hydrogens is 594 g/mol. The van der Waals surface area contributed by atoms with Crippen LogP contribution in [-0.4, -0.2) is 76.6 Å². The predicted molar refractivity (Wildman–Crippen MR) is 178 cm³/mol. The summed E-state index contributed by atoms with van der Waals surface area (Å²) in [6.07, 6.45) is 4.29. The fourth-order valence-electron chi connectivity index (χ4n) is 5.46. The Labute approximate surface area is 266 Å². The highest BCUT2D eigenvalue weighted by Crippen LogP contribution is 2.37. The number of halogens is 1. The lowest BCUT2D eigenvalue weighted by molar-refractivity contribution is 0.0998. The highest BCUT2D eigenvalue weighted by Gasteiger charge is 2.21. The number of pyridine rings is 1. The lowest BCUT2D eigenvalue weighted by Gasteiger charge is -2.32. The number of ether oxygens (including phenoxy) is 1. The van der Waals surface area contributed by atoms with Crippen molar-refractivity contribution in [2.24, 2.45) is 5.73 Å². The highest BCUT2D eigenvalue weighted by molar-refractivity contribution is 7.16. The van der Waals surface area contributed by atoms with Gasteiger partial charge in [-0.1, -0.05) is 35.9 Å². The van der Waals surface area contributed by atoms with Crippen LogP contribution in [0.5, 0.6) is 5.75 Å². The van der Waals surface area contributed by atoms with Gasteiger partial charge in [-0.25, -0.2) is 9.97 Å². The van der Waals surface area contributed by atoms with Crippen LogP contribution in [0.3, 0.4) is 0 Å². The zero-order valence-electron chi connectivity index (χ0n) is 24.9. The van der Waals surface area contributed by atoms with Crippen molar-refractivity contribution in [1.82, 2.24) is 24.3 Å². The van der Waals surface area contributed by atoms with E-state index in [1.807, 2.05) is 60.2 Å². The minimum atomic E-state index is -0.546. The van der Waals surface area contributed by atoms with E-state index in [1.165, 1.54) is 11.3 Å². The van der Waals surface area contributed by atoms with Crippen LogP contribution in [-0.2, 0) is 0 Å². The minimum Gasteiger partial charge on any atom is -0.484 e. The van der Waals surface area contributed by atoms with Crippen molar-refractivity contribution in [2.45, 2.75) is 19.4 Å². The second kappa shape index (κ2) is 13.4. The van der Waals surface area contributed by atoms with Crippen LogP contribution in [0, 0.1) is 0 Å². The largest absolute Gasteiger partial charge is 0.484 e. The molecule has 4 heterocycles. The second-order valence-electron chi connectivity index (χ2n) is 11.1. The Hall–Kier alpha value is -3.96. The number of fused-ring (bicyclic) bond motifs is 1. The van der Waals surface area contributed by atoms with Crippen LogP contribution in [0.4, 0.5) is 5.82 Å². The number of anilines is 1. The molecular formula is C33H36ClN7O2S. The average Bonchev–Trinajstić information content (AvgIpc) is 3.64. The third-order valence-corrected chi connectivity index (χ3v) is 9.46. The zero-order valence-corrected chi connectivity index (χ0v) is 26.4. The monoisotopic (exact) mass is 629 g/mol. The highest BCUT2D eigenvalue weighted by atomic mass is 35.5. The lowest BCUT2D eigenvalue weighted by Crippen LogP contribution is -2.44. The molecule has 0 bridgehead atoms. The van der Waals surface area contributed by atoms with Crippen molar-refractivity contribution in [3.8, 4) is 21.9 Å². The van der Waals surface area contributed by atoms with E-state index in [9.17, 15) is 4.79 Å². The molecule has 1 aliphatic rings. The molecule has 0 spiro atoms. The zero-order chi connectivity index (χ0) is 30.6. The molecule has 9 nitrogen and oxygen atoms in total. The van der Waals surface area contributed by atoms with Crippen molar-refractivity contribution in [1.29, 1.82) is 0 Å². The molecule has 1 aliphatic heterocycles. The summed E-state index contributed by atoms with van der Waals surface area (Å²) in [6.45, 7) is 8.42. The molecule has 0 radical (unpaired) electrons. The summed E-state index contributed by atoms with van der Waals surface area (Å²) < 4.78 is 8.15. The molecule has 6 rings (SSSR count). The standard InChI is InChI=1S/C33H36ClN7O2S/c1-22(25-6-3-4-7-26(25)34)43-29-20-31(44-32(29)33(35)42)41-21-38-27-18-23(8-9-28(27)41)24-10-12-37-30(19-24)36-11-5-13-40-16-14-39(2)15-17-40/h3-4,6-10,12,18-22H,5,11,13-17H2,1-2H3,(H2,35,42)(H,36,37)/t22-/m1/s1. The third kappa shape index (κ3) is 6.73. The van der Waals surface area contributed by atoms with Gasteiger partial charge in [0, 0.05) is 55.6 Å². The Bertz CT molecular complexity index is 1760. The van der Waals surface area contributed by atoms with Crippen LogP contribution in [0.15, 0.2) is 73.2 Å². The molecule has 0 saturated carbocycles. The number of rotatable bonds is 11. The summed E-state index contributed by atoms with van der Waals surface area (Å²) in [5.41, 5.74) is 10.4. The molecule has 44 heavy (non-hydrogen) atoms. The second-order valence-corrected chi connectivity index (χ2v) is 12.5. The molecule has 3 aromatic heterocycles. The van der Waals surface area contributed by atoms with E-state index in [-0.39, 0.29) is 6.10 Å². The number of carbonyl (C=O) groups is 1. The van der Waals surface area contributed by atoms with E-state index in [0.717, 1.165) is 84.2 Å². The normalized spacial score (nSPS) is 15.0. The van der Waals surface area contributed by atoms with E-state index < -0.39 is 5.91 Å². The van der Waals surface area contributed by atoms with E-state index in [2.05, 4.69) is 50.3 Å². The SMILES string of the molecule is C[C@@H](Oc1cc(-n2cnc3cc(-c4ccnc(NCCCN5CCN(C)CC5)c4)ccc32)sc1C(N)=O)c1ccccc1Cl. The number of likely N-dealkylation sites (N-methyl/N-ethyl adjacent to an activating group) is 1. The maximum Gasteiger partial charge on any atom is 0.262 e. The number of hydrogen-bond acceptors (Lipinski definition) is 8. The number of nitrogens with one attached hydrogen (secondary N) is 1. The van der Waals surface area contributed by atoms with Gasteiger partial charge >= 0.3 is 0 Å². The van der Waals surface area contributed by atoms with E-state index in [4.69, 9.17) is 22.1 Å².